The highest BCUT2D eigenvalue weighted by Gasteiger charge is 2.21. The van der Waals surface area contributed by atoms with Crippen molar-refractivity contribution in [3.63, 3.8) is 0 Å². The molecule has 0 N–H and O–H groups in total. The molecule has 35 heavy (non-hydrogen) atoms. The molecule has 0 aliphatic carbocycles. The van der Waals surface area contributed by atoms with Gasteiger partial charge in [-0.1, -0.05) is 12.1 Å². The van der Waals surface area contributed by atoms with E-state index in [1.165, 1.54) is 0 Å². The Morgan fingerprint density at radius 2 is 2.03 bits per heavy atom. The largest absolute Gasteiger partial charge is 0.374 e. The molecule has 9 nitrogen and oxygen atoms in total. The molecule has 1 aliphatic rings. The van der Waals surface area contributed by atoms with Crippen LogP contribution in [-0.4, -0.2) is 55.5 Å². The average molecular weight is 472 g/mol. The van der Waals surface area contributed by atoms with E-state index < -0.39 is 0 Å². The first-order valence-corrected chi connectivity index (χ1v) is 12.0. The number of hydrogen-bond donors (Lipinski definition) is 0. The highest BCUT2D eigenvalue weighted by molar-refractivity contribution is 6.02. The summed E-state index contributed by atoms with van der Waals surface area (Å²) in [5.74, 6) is 0.155. The number of ether oxygens (including phenoxy) is 1. The smallest absolute Gasteiger partial charge is 0.330 e. The van der Waals surface area contributed by atoms with Gasteiger partial charge in [0.15, 0.2) is 5.65 Å². The molecule has 0 radical (unpaired) electrons. The molecule has 1 fully saturated rings. The summed E-state index contributed by atoms with van der Waals surface area (Å²) in [7, 11) is 1.73. The van der Waals surface area contributed by atoms with Crippen molar-refractivity contribution in [2.24, 2.45) is 13.0 Å². The summed E-state index contributed by atoms with van der Waals surface area (Å²) in [5, 5.41) is 18.6. The van der Waals surface area contributed by atoms with Crippen LogP contribution in [0.1, 0.15) is 32.0 Å². The molecule has 180 valence electrons. The molecule has 1 unspecified atom stereocenters. The molecule has 4 heterocycles. The molecular weight excluding hydrogens is 442 g/mol. The zero-order valence-electron chi connectivity index (χ0n) is 20.3. The van der Waals surface area contributed by atoms with Gasteiger partial charge in [0.05, 0.1) is 36.4 Å². The Labute approximate surface area is 203 Å². The zero-order valence-corrected chi connectivity index (χ0v) is 20.3. The summed E-state index contributed by atoms with van der Waals surface area (Å²) in [6.07, 6.45) is 2.80. The van der Waals surface area contributed by atoms with Crippen molar-refractivity contribution in [2.75, 3.05) is 26.2 Å². The fourth-order valence-electron chi connectivity index (χ4n) is 4.74. The normalized spacial score (nSPS) is 16.5. The standard InChI is InChI=1S/C26H29N7O2/c1-17(2)33-24-22-12-19(5-7-23(22)29-30-25(24)31(3)26(33)34)20-4-6-21(28-14-20)16-35-11-10-32-9-8-18(13-27)15-32/h4-7,12,14,17-18H,8-11,15-16H2,1-3H3. The second-order valence-corrected chi connectivity index (χ2v) is 9.42. The summed E-state index contributed by atoms with van der Waals surface area (Å²) < 4.78 is 9.14. The van der Waals surface area contributed by atoms with Gasteiger partial charge in [-0.15, -0.1) is 10.2 Å². The van der Waals surface area contributed by atoms with Crippen LogP contribution in [0, 0.1) is 17.2 Å². The van der Waals surface area contributed by atoms with E-state index in [0.29, 0.717) is 18.9 Å². The number of aryl methyl sites for hydroxylation is 1. The second kappa shape index (κ2) is 9.56. The lowest BCUT2D eigenvalue weighted by molar-refractivity contribution is 0.0966. The lowest BCUT2D eigenvalue weighted by Gasteiger charge is -2.14. The van der Waals surface area contributed by atoms with Gasteiger partial charge in [0.1, 0.15) is 5.52 Å². The fraction of sp³-hybridized carbons (Fsp3) is 0.423. The number of fused-ring (bicyclic) bond motifs is 3. The molecule has 0 amide bonds. The van der Waals surface area contributed by atoms with Crippen molar-refractivity contribution < 1.29 is 4.74 Å². The van der Waals surface area contributed by atoms with E-state index in [-0.39, 0.29) is 17.6 Å². The SMILES string of the molecule is CC(C)n1c(=O)n(C)c2nnc3ccc(-c4ccc(COCCN5CCC(C#N)C5)nc4)cc3c21. The van der Waals surface area contributed by atoms with Gasteiger partial charge >= 0.3 is 5.69 Å². The maximum atomic E-state index is 12.8. The van der Waals surface area contributed by atoms with E-state index in [1.54, 1.807) is 16.2 Å². The Morgan fingerprint density at radius 3 is 2.74 bits per heavy atom. The average Bonchev–Trinajstić information content (AvgIpc) is 3.44. The number of aromatic nitrogens is 5. The Balaban J connectivity index is 1.33. The molecule has 0 saturated carbocycles. The molecule has 0 bridgehead atoms. The van der Waals surface area contributed by atoms with Crippen LogP contribution in [0.2, 0.25) is 0 Å². The van der Waals surface area contributed by atoms with Gasteiger partial charge in [0.25, 0.3) is 0 Å². The third-order valence-corrected chi connectivity index (χ3v) is 6.70. The first kappa shape index (κ1) is 23.1. The van der Waals surface area contributed by atoms with Crippen LogP contribution < -0.4 is 5.69 Å². The topological polar surface area (TPSA) is 102 Å². The van der Waals surface area contributed by atoms with E-state index in [9.17, 15) is 4.79 Å². The van der Waals surface area contributed by atoms with Gasteiger partial charge < -0.3 is 4.74 Å². The summed E-state index contributed by atoms with van der Waals surface area (Å²) in [5.41, 5.74) is 4.89. The third-order valence-electron chi connectivity index (χ3n) is 6.70. The van der Waals surface area contributed by atoms with Crippen LogP contribution in [0.4, 0.5) is 0 Å². The molecule has 1 saturated heterocycles. The van der Waals surface area contributed by atoms with Crippen molar-refractivity contribution >= 4 is 22.1 Å². The monoisotopic (exact) mass is 471 g/mol. The molecule has 1 atom stereocenters. The highest BCUT2D eigenvalue weighted by Crippen LogP contribution is 2.28. The van der Waals surface area contributed by atoms with Crippen molar-refractivity contribution in [3.8, 4) is 17.2 Å². The van der Waals surface area contributed by atoms with Crippen LogP contribution >= 0.6 is 0 Å². The molecule has 1 aliphatic heterocycles. The van der Waals surface area contributed by atoms with E-state index in [2.05, 4.69) is 32.2 Å². The third kappa shape index (κ3) is 4.43. The number of pyridine rings is 1. The number of hydrogen-bond acceptors (Lipinski definition) is 7. The Bertz CT molecular complexity index is 1460. The number of likely N-dealkylation sites (tertiary alicyclic amines) is 1. The predicted octanol–water partition coefficient (Wildman–Crippen LogP) is 3.29. The molecule has 4 aromatic rings. The minimum absolute atomic E-state index is 0.00134. The quantitative estimate of drug-likeness (QED) is 0.381. The Morgan fingerprint density at radius 1 is 1.20 bits per heavy atom. The number of nitriles is 1. The summed E-state index contributed by atoms with van der Waals surface area (Å²) in [6, 6.07) is 12.4. The van der Waals surface area contributed by atoms with E-state index >= 15 is 0 Å². The Hall–Kier alpha value is -3.61. The minimum atomic E-state index is -0.0946. The fourth-order valence-corrected chi connectivity index (χ4v) is 4.74. The molecule has 5 rings (SSSR count). The second-order valence-electron chi connectivity index (χ2n) is 9.42. The minimum Gasteiger partial charge on any atom is -0.374 e. The maximum Gasteiger partial charge on any atom is 0.330 e. The molecule has 0 spiro atoms. The van der Waals surface area contributed by atoms with Crippen LogP contribution in [-0.2, 0) is 18.4 Å². The van der Waals surface area contributed by atoms with Gasteiger partial charge in [-0.25, -0.2) is 4.79 Å². The first-order chi connectivity index (χ1) is 17.0. The van der Waals surface area contributed by atoms with Crippen molar-refractivity contribution in [1.82, 2.24) is 29.2 Å². The van der Waals surface area contributed by atoms with Crippen LogP contribution in [0.25, 0.3) is 33.2 Å². The summed E-state index contributed by atoms with van der Waals surface area (Å²) in [6.45, 7) is 7.71. The number of benzene rings is 1. The molecule has 1 aromatic carbocycles. The van der Waals surface area contributed by atoms with Gasteiger partial charge in [0.2, 0.25) is 0 Å². The predicted molar refractivity (Wildman–Crippen MR) is 134 cm³/mol. The number of nitrogens with zero attached hydrogens (tertiary/aromatic N) is 7. The lowest BCUT2D eigenvalue weighted by atomic mass is 10.0. The molecule has 3 aromatic heterocycles. The molecular formula is C26H29N7O2. The van der Waals surface area contributed by atoms with Gasteiger partial charge in [-0.05, 0) is 50.6 Å². The van der Waals surface area contributed by atoms with Gasteiger partial charge in [-0.2, -0.15) is 5.26 Å². The number of imidazole rings is 1. The lowest BCUT2D eigenvalue weighted by Crippen LogP contribution is -2.25. The highest BCUT2D eigenvalue weighted by atomic mass is 16.5. The molecule has 9 heteroatoms. The number of rotatable bonds is 7. The first-order valence-electron chi connectivity index (χ1n) is 12.0. The van der Waals surface area contributed by atoms with Crippen molar-refractivity contribution in [1.29, 1.82) is 5.26 Å². The van der Waals surface area contributed by atoms with Crippen LogP contribution in [0.15, 0.2) is 41.3 Å². The van der Waals surface area contributed by atoms with Crippen LogP contribution in [0.5, 0.6) is 0 Å². The maximum absolute atomic E-state index is 12.8. The van der Waals surface area contributed by atoms with Crippen molar-refractivity contribution in [3.05, 3.63) is 52.7 Å². The van der Waals surface area contributed by atoms with Gasteiger partial charge in [0, 0.05) is 43.3 Å². The van der Waals surface area contributed by atoms with Crippen LogP contribution in [0.3, 0.4) is 0 Å². The summed E-state index contributed by atoms with van der Waals surface area (Å²) in [4.78, 5) is 19.7. The van der Waals surface area contributed by atoms with E-state index in [0.717, 1.165) is 59.3 Å². The van der Waals surface area contributed by atoms with E-state index in [4.69, 9.17) is 10.00 Å². The van der Waals surface area contributed by atoms with E-state index in [1.807, 2.05) is 44.3 Å². The van der Waals surface area contributed by atoms with Crippen molar-refractivity contribution in [2.45, 2.75) is 32.9 Å². The summed E-state index contributed by atoms with van der Waals surface area (Å²) >= 11 is 0. The zero-order chi connectivity index (χ0) is 24.5. The Kier molecular flexibility index (Phi) is 6.32. The van der Waals surface area contributed by atoms with Gasteiger partial charge in [-0.3, -0.25) is 19.0 Å².